The summed E-state index contributed by atoms with van der Waals surface area (Å²) in [7, 11) is -3.41. The van der Waals surface area contributed by atoms with Crippen LogP contribution in [0.4, 0.5) is 0 Å². The average molecular weight is 340 g/mol. The largest absolute Gasteiger partial charge is 0.502 e. The van der Waals surface area contributed by atoms with Gasteiger partial charge in [0.05, 0.1) is 21.6 Å². The molecule has 4 nitrogen and oxygen atoms in total. The first-order chi connectivity index (χ1) is 7.97. The van der Waals surface area contributed by atoms with Gasteiger partial charge in [0.2, 0.25) is 10.0 Å². The van der Waals surface area contributed by atoms with E-state index in [4.69, 9.17) is 4.74 Å². The number of sulfonamides is 1. The quantitative estimate of drug-likeness (QED) is 0.613. The van der Waals surface area contributed by atoms with Crippen LogP contribution in [0.5, 0.6) is 0 Å². The minimum absolute atomic E-state index is 0.332. The normalized spacial score (nSPS) is 11.4. The Labute approximate surface area is 114 Å². The Balaban J connectivity index is 2.57. The molecule has 1 N–H and O–H groups in total. The number of rotatable bonds is 7. The number of ether oxygens (including phenoxy) is 1. The van der Waals surface area contributed by atoms with E-state index in [1.54, 1.807) is 13.0 Å². The highest BCUT2D eigenvalue weighted by Crippen LogP contribution is 2.29. The Hall–Kier alpha value is -0.370. The Morgan fingerprint density at radius 2 is 2.35 bits per heavy atom. The zero-order chi connectivity index (χ0) is 12.9. The summed E-state index contributed by atoms with van der Waals surface area (Å²) in [6.07, 6.45) is 1.95. The summed E-state index contributed by atoms with van der Waals surface area (Å²) >= 11 is 4.68. The lowest BCUT2D eigenvalue weighted by atomic mass is 10.5. The van der Waals surface area contributed by atoms with Crippen molar-refractivity contribution in [1.29, 1.82) is 0 Å². The Morgan fingerprint density at radius 1 is 1.65 bits per heavy atom. The van der Waals surface area contributed by atoms with Gasteiger partial charge < -0.3 is 4.74 Å². The highest BCUT2D eigenvalue weighted by atomic mass is 79.9. The third-order valence-electron chi connectivity index (χ3n) is 1.98. The molecule has 0 saturated carbocycles. The fraction of sp³-hybridized carbons (Fsp3) is 0.400. The lowest BCUT2D eigenvalue weighted by Crippen LogP contribution is -2.25. The van der Waals surface area contributed by atoms with Crippen LogP contribution in [0.15, 0.2) is 27.6 Å². The second-order valence-corrected chi connectivity index (χ2v) is 7.63. The van der Waals surface area contributed by atoms with Crippen molar-refractivity contribution in [3.63, 3.8) is 0 Å². The number of hydrogen-bond acceptors (Lipinski definition) is 4. The van der Waals surface area contributed by atoms with Gasteiger partial charge in [0, 0.05) is 11.4 Å². The summed E-state index contributed by atoms with van der Waals surface area (Å²) < 4.78 is 32.1. The van der Waals surface area contributed by atoms with Crippen molar-refractivity contribution in [1.82, 2.24) is 4.72 Å². The van der Waals surface area contributed by atoms with Crippen molar-refractivity contribution in [2.24, 2.45) is 0 Å². The van der Waals surface area contributed by atoms with E-state index in [1.165, 1.54) is 17.6 Å². The van der Waals surface area contributed by atoms with Gasteiger partial charge in [-0.2, -0.15) is 0 Å². The number of halogens is 1. The molecule has 0 bridgehead atoms. The Morgan fingerprint density at radius 3 is 2.88 bits per heavy atom. The predicted molar refractivity (Wildman–Crippen MR) is 72.7 cm³/mol. The molecule has 0 aliphatic heterocycles. The van der Waals surface area contributed by atoms with Crippen LogP contribution >= 0.6 is 27.3 Å². The molecule has 0 fully saturated rings. The van der Waals surface area contributed by atoms with Crippen molar-refractivity contribution in [2.75, 3.05) is 13.2 Å². The second kappa shape index (κ2) is 6.53. The van der Waals surface area contributed by atoms with Crippen LogP contribution in [-0.4, -0.2) is 21.6 Å². The molecule has 0 aliphatic carbocycles. The molecule has 1 heterocycles. The molecule has 0 unspecified atom stereocenters. The van der Waals surface area contributed by atoms with Gasteiger partial charge in [0.1, 0.15) is 0 Å². The first kappa shape index (κ1) is 14.7. The van der Waals surface area contributed by atoms with Gasteiger partial charge in [-0.05, 0) is 35.3 Å². The maximum Gasteiger partial charge on any atom is 0.241 e. The third-order valence-corrected chi connectivity index (χ3v) is 5.25. The first-order valence-electron chi connectivity index (χ1n) is 4.95. The molecule has 0 radical (unpaired) electrons. The summed E-state index contributed by atoms with van der Waals surface area (Å²) in [6, 6.07) is 1.61. The molecule has 96 valence electrons. The molecule has 1 rings (SSSR count). The second-order valence-electron chi connectivity index (χ2n) is 3.26. The smallest absolute Gasteiger partial charge is 0.241 e. The molecular formula is C10H14BrNO3S2. The fourth-order valence-corrected chi connectivity index (χ4v) is 4.71. The topological polar surface area (TPSA) is 55.4 Å². The molecular weight excluding hydrogens is 326 g/mol. The molecule has 7 heteroatoms. The van der Waals surface area contributed by atoms with Crippen LogP contribution < -0.4 is 4.72 Å². The van der Waals surface area contributed by atoms with E-state index in [-0.39, 0.29) is 0 Å². The van der Waals surface area contributed by atoms with Crippen LogP contribution in [0.2, 0.25) is 0 Å². The van der Waals surface area contributed by atoms with Gasteiger partial charge in [0.25, 0.3) is 0 Å². The van der Waals surface area contributed by atoms with Crippen molar-refractivity contribution >= 4 is 37.3 Å². The van der Waals surface area contributed by atoms with Gasteiger partial charge in [-0.3, -0.25) is 0 Å². The van der Waals surface area contributed by atoms with Crippen LogP contribution in [0.25, 0.3) is 0 Å². The van der Waals surface area contributed by atoms with E-state index in [1.807, 2.05) is 0 Å². The van der Waals surface area contributed by atoms with E-state index in [0.29, 0.717) is 24.5 Å². The molecule has 0 atom stereocenters. The van der Waals surface area contributed by atoms with Gasteiger partial charge in [-0.15, -0.1) is 11.3 Å². The number of nitrogens with one attached hydrogen (secondary N) is 1. The monoisotopic (exact) mass is 339 g/mol. The number of hydrogen-bond donors (Lipinski definition) is 1. The van der Waals surface area contributed by atoms with Crippen molar-refractivity contribution in [2.45, 2.75) is 18.2 Å². The van der Waals surface area contributed by atoms with E-state index >= 15 is 0 Å². The maximum absolute atomic E-state index is 11.9. The van der Waals surface area contributed by atoms with Gasteiger partial charge in [0.15, 0.2) is 0 Å². The van der Waals surface area contributed by atoms with Crippen molar-refractivity contribution < 1.29 is 13.2 Å². The number of aryl methyl sites for hydroxylation is 1. The Bertz CT molecular complexity index is 482. The van der Waals surface area contributed by atoms with E-state index < -0.39 is 10.0 Å². The van der Waals surface area contributed by atoms with Gasteiger partial charge >= 0.3 is 0 Å². The summed E-state index contributed by atoms with van der Waals surface area (Å²) in [6.45, 7) is 5.99. The van der Waals surface area contributed by atoms with Crippen LogP contribution in [0.3, 0.4) is 0 Å². The first-order valence-corrected chi connectivity index (χ1v) is 8.04. The lowest BCUT2D eigenvalue weighted by Gasteiger charge is -2.05. The van der Waals surface area contributed by atoms with Gasteiger partial charge in [-0.25, -0.2) is 13.1 Å². The highest BCUT2D eigenvalue weighted by molar-refractivity contribution is 9.11. The number of thiophene rings is 1. The predicted octanol–water partition coefficient (Wildman–Crippen LogP) is 2.65. The van der Waals surface area contributed by atoms with E-state index in [9.17, 15) is 8.42 Å². The molecule has 1 aromatic heterocycles. The zero-order valence-electron chi connectivity index (χ0n) is 9.40. The molecule has 1 aromatic rings. The molecule has 0 saturated heterocycles. The summed E-state index contributed by atoms with van der Waals surface area (Å²) in [5.41, 5.74) is 0. The van der Waals surface area contributed by atoms with Crippen molar-refractivity contribution in [3.8, 4) is 0 Å². The fourth-order valence-electron chi connectivity index (χ4n) is 1.22. The molecule has 17 heavy (non-hydrogen) atoms. The Kier molecular flexibility index (Phi) is 5.64. The van der Waals surface area contributed by atoms with Crippen LogP contribution in [0.1, 0.15) is 11.3 Å². The zero-order valence-corrected chi connectivity index (χ0v) is 12.6. The third kappa shape index (κ3) is 4.42. The average Bonchev–Trinajstić information content (AvgIpc) is 2.58. The maximum atomic E-state index is 11.9. The summed E-state index contributed by atoms with van der Waals surface area (Å²) in [4.78, 5) is 1.10. The minimum atomic E-state index is -3.41. The van der Waals surface area contributed by atoms with Crippen LogP contribution in [-0.2, 0) is 14.8 Å². The SMILES string of the molecule is C=COCCCNS(=O)(=O)c1cc(Br)sc1C. The standard InChI is InChI=1S/C10H14BrNO3S2/c1-3-15-6-4-5-12-17(13,14)9-7-10(11)16-8(9)2/h3,7,12H,1,4-6H2,2H3. The van der Waals surface area contributed by atoms with E-state index in [0.717, 1.165) is 8.66 Å². The van der Waals surface area contributed by atoms with Crippen LogP contribution in [0, 0.1) is 6.92 Å². The molecule has 0 aliphatic rings. The summed E-state index contributed by atoms with van der Waals surface area (Å²) in [5, 5.41) is 0. The molecule has 0 aromatic carbocycles. The van der Waals surface area contributed by atoms with Gasteiger partial charge in [-0.1, -0.05) is 6.58 Å². The minimum Gasteiger partial charge on any atom is -0.502 e. The molecule has 0 spiro atoms. The van der Waals surface area contributed by atoms with Crippen molar-refractivity contribution in [3.05, 3.63) is 27.6 Å². The lowest BCUT2D eigenvalue weighted by molar-refractivity contribution is 0.247. The van der Waals surface area contributed by atoms with E-state index in [2.05, 4.69) is 27.2 Å². The molecule has 0 amide bonds. The highest BCUT2D eigenvalue weighted by Gasteiger charge is 2.18. The summed E-state index contributed by atoms with van der Waals surface area (Å²) in [5.74, 6) is 0.